The first-order chi connectivity index (χ1) is 7.21. The summed E-state index contributed by atoms with van der Waals surface area (Å²) in [5.74, 6) is 0.765. The highest BCUT2D eigenvalue weighted by atomic mass is 16.5. The summed E-state index contributed by atoms with van der Waals surface area (Å²) in [5.41, 5.74) is -0.403. The van der Waals surface area contributed by atoms with Crippen LogP contribution in [0.5, 0.6) is 0 Å². The van der Waals surface area contributed by atoms with Gasteiger partial charge in [-0.1, -0.05) is 19.3 Å². The van der Waals surface area contributed by atoms with Crippen molar-refractivity contribution in [2.24, 2.45) is 5.92 Å². The lowest BCUT2D eigenvalue weighted by atomic mass is 9.83. The van der Waals surface area contributed by atoms with Gasteiger partial charge in [-0.05, 0) is 38.6 Å². The van der Waals surface area contributed by atoms with Crippen LogP contribution in [0.4, 0.5) is 0 Å². The molecule has 1 unspecified atom stereocenters. The zero-order valence-electron chi connectivity index (χ0n) is 9.55. The van der Waals surface area contributed by atoms with Crippen molar-refractivity contribution in [3.05, 3.63) is 0 Å². The molecule has 1 heterocycles. The number of esters is 1. The topological polar surface area (TPSA) is 38.3 Å². The minimum absolute atomic E-state index is 0.0562. The van der Waals surface area contributed by atoms with Gasteiger partial charge in [-0.2, -0.15) is 0 Å². The van der Waals surface area contributed by atoms with Crippen LogP contribution in [0.25, 0.3) is 0 Å². The number of ether oxygens (including phenoxy) is 1. The van der Waals surface area contributed by atoms with E-state index in [0.717, 1.165) is 31.7 Å². The molecular weight excluding hydrogens is 190 g/mol. The standard InChI is InChI=1S/C12H21NO2/c1-12(7-3-8-13-12)11(14)15-9-6-10-4-2-5-10/h10,13H,2-9H2,1H3. The quantitative estimate of drug-likeness (QED) is 0.721. The van der Waals surface area contributed by atoms with E-state index in [4.69, 9.17) is 4.74 Å². The second kappa shape index (κ2) is 4.52. The Morgan fingerprint density at radius 2 is 2.27 bits per heavy atom. The SMILES string of the molecule is CC1(C(=O)OCCC2CCC2)CCCN1. The van der Waals surface area contributed by atoms with Gasteiger partial charge in [0.15, 0.2) is 0 Å². The number of carbonyl (C=O) groups excluding carboxylic acids is 1. The van der Waals surface area contributed by atoms with Gasteiger partial charge in [0.25, 0.3) is 0 Å². The van der Waals surface area contributed by atoms with Crippen LogP contribution >= 0.6 is 0 Å². The highest BCUT2D eigenvalue weighted by Crippen LogP contribution is 2.29. The number of hydrogen-bond donors (Lipinski definition) is 1. The molecule has 0 aromatic carbocycles. The predicted molar refractivity (Wildman–Crippen MR) is 58.6 cm³/mol. The number of hydrogen-bond acceptors (Lipinski definition) is 3. The molecule has 2 aliphatic rings. The van der Waals surface area contributed by atoms with Gasteiger partial charge in [0.05, 0.1) is 6.61 Å². The van der Waals surface area contributed by atoms with Crippen LogP contribution in [0.1, 0.15) is 45.4 Å². The molecule has 3 heteroatoms. The van der Waals surface area contributed by atoms with Crippen LogP contribution in [-0.2, 0) is 9.53 Å². The van der Waals surface area contributed by atoms with Crippen molar-refractivity contribution >= 4 is 5.97 Å². The monoisotopic (exact) mass is 211 g/mol. The van der Waals surface area contributed by atoms with Crippen LogP contribution in [0.2, 0.25) is 0 Å². The summed E-state index contributed by atoms with van der Waals surface area (Å²) in [7, 11) is 0. The molecule has 15 heavy (non-hydrogen) atoms. The van der Waals surface area contributed by atoms with E-state index >= 15 is 0 Å². The lowest BCUT2D eigenvalue weighted by molar-refractivity contribution is -0.150. The maximum absolute atomic E-state index is 11.8. The highest BCUT2D eigenvalue weighted by molar-refractivity contribution is 5.80. The molecule has 1 aliphatic carbocycles. The molecule has 86 valence electrons. The smallest absolute Gasteiger partial charge is 0.326 e. The lowest BCUT2D eigenvalue weighted by Gasteiger charge is -2.26. The summed E-state index contributed by atoms with van der Waals surface area (Å²) in [4.78, 5) is 11.8. The zero-order chi connectivity index (χ0) is 10.7. The molecule has 3 nitrogen and oxygen atoms in total. The summed E-state index contributed by atoms with van der Waals surface area (Å²) in [6.45, 7) is 3.50. The Bertz CT molecular complexity index is 230. The second-order valence-electron chi connectivity index (χ2n) is 5.08. The van der Waals surface area contributed by atoms with Gasteiger partial charge in [-0.25, -0.2) is 0 Å². The Hall–Kier alpha value is -0.570. The van der Waals surface area contributed by atoms with E-state index in [0.29, 0.717) is 6.61 Å². The van der Waals surface area contributed by atoms with E-state index in [1.165, 1.54) is 19.3 Å². The van der Waals surface area contributed by atoms with E-state index < -0.39 is 5.54 Å². The average molecular weight is 211 g/mol. The summed E-state index contributed by atoms with van der Waals surface area (Å²) < 4.78 is 5.33. The minimum Gasteiger partial charge on any atom is -0.464 e. The van der Waals surface area contributed by atoms with Gasteiger partial charge in [-0.15, -0.1) is 0 Å². The zero-order valence-corrected chi connectivity index (χ0v) is 9.55. The van der Waals surface area contributed by atoms with Gasteiger partial charge < -0.3 is 10.1 Å². The molecule has 1 saturated heterocycles. The fourth-order valence-electron chi connectivity index (χ4n) is 2.33. The van der Waals surface area contributed by atoms with Crippen LogP contribution in [0, 0.1) is 5.92 Å². The van der Waals surface area contributed by atoms with Crippen molar-refractivity contribution in [1.29, 1.82) is 0 Å². The van der Waals surface area contributed by atoms with Gasteiger partial charge in [0.1, 0.15) is 5.54 Å². The first kappa shape index (κ1) is 10.9. The third-order valence-electron chi connectivity index (χ3n) is 3.80. The second-order valence-corrected chi connectivity index (χ2v) is 5.08. The molecule has 2 rings (SSSR count). The molecule has 2 fully saturated rings. The van der Waals surface area contributed by atoms with Gasteiger partial charge in [-0.3, -0.25) is 4.79 Å². The van der Waals surface area contributed by atoms with Crippen LogP contribution in [0.15, 0.2) is 0 Å². The average Bonchev–Trinajstić information content (AvgIpc) is 2.58. The fourth-order valence-corrected chi connectivity index (χ4v) is 2.33. The van der Waals surface area contributed by atoms with Crippen molar-refractivity contribution in [3.8, 4) is 0 Å². The number of nitrogens with one attached hydrogen (secondary N) is 1. The molecule has 1 aliphatic heterocycles. The fraction of sp³-hybridized carbons (Fsp3) is 0.917. The van der Waals surface area contributed by atoms with Gasteiger partial charge in [0, 0.05) is 0 Å². The van der Waals surface area contributed by atoms with Crippen molar-refractivity contribution in [3.63, 3.8) is 0 Å². The molecule has 1 saturated carbocycles. The van der Waals surface area contributed by atoms with Crippen molar-refractivity contribution in [2.75, 3.05) is 13.2 Å². The molecule has 0 aromatic rings. The van der Waals surface area contributed by atoms with Crippen LogP contribution in [0.3, 0.4) is 0 Å². The Balaban J connectivity index is 1.67. The maximum atomic E-state index is 11.8. The summed E-state index contributed by atoms with van der Waals surface area (Å²) >= 11 is 0. The Morgan fingerprint density at radius 3 is 2.80 bits per heavy atom. The predicted octanol–water partition coefficient (Wildman–Crippen LogP) is 1.86. The largest absolute Gasteiger partial charge is 0.464 e. The van der Waals surface area contributed by atoms with E-state index in [-0.39, 0.29) is 5.97 Å². The Kier molecular flexibility index (Phi) is 3.29. The Morgan fingerprint density at radius 1 is 1.47 bits per heavy atom. The third-order valence-corrected chi connectivity index (χ3v) is 3.80. The van der Waals surface area contributed by atoms with E-state index in [9.17, 15) is 4.79 Å². The molecule has 0 aromatic heterocycles. The first-order valence-corrected chi connectivity index (χ1v) is 6.13. The van der Waals surface area contributed by atoms with Gasteiger partial charge >= 0.3 is 5.97 Å². The van der Waals surface area contributed by atoms with Crippen molar-refractivity contribution in [1.82, 2.24) is 5.32 Å². The van der Waals surface area contributed by atoms with Crippen molar-refractivity contribution in [2.45, 2.75) is 51.0 Å². The van der Waals surface area contributed by atoms with Crippen LogP contribution in [-0.4, -0.2) is 24.7 Å². The molecule has 0 amide bonds. The van der Waals surface area contributed by atoms with E-state index in [2.05, 4.69) is 5.32 Å². The van der Waals surface area contributed by atoms with E-state index in [1.807, 2.05) is 6.92 Å². The maximum Gasteiger partial charge on any atom is 0.326 e. The molecule has 0 spiro atoms. The molecule has 1 N–H and O–H groups in total. The summed E-state index contributed by atoms with van der Waals surface area (Å²) in [6, 6.07) is 0. The first-order valence-electron chi connectivity index (χ1n) is 6.13. The normalized spacial score (nSPS) is 31.3. The molecule has 0 bridgehead atoms. The molecule has 1 atom stereocenters. The summed E-state index contributed by atoms with van der Waals surface area (Å²) in [5, 5.41) is 3.22. The highest BCUT2D eigenvalue weighted by Gasteiger charge is 2.37. The lowest BCUT2D eigenvalue weighted by Crippen LogP contribution is -2.45. The minimum atomic E-state index is -0.403. The number of rotatable bonds is 4. The number of carbonyl (C=O) groups is 1. The van der Waals surface area contributed by atoms with Crippen molar-refractivity contribution < 1.29 is 9.53 Å². The molecular formula is C12H21NO2. The third kappa shape index (κ3) is 2.51. The molecule has 0 radical (unpaired) electrons. The van der Waals surface area contributed by atoms with Gasteiger partial charge in [0.2, 0.25) is 0 Å². The van der Waals surface area contributed by atoms with E-state index in [1.54, 1.807) is 0 Å². The summed E-state index contributed by atoms with van der Waals surface area (Å²) in [6.07, 6.45) is 7.06. The van der Waals surface area contributed by atoms with Crippen LogP contribution < -0.4 is 5.32 Å². The Labute approximate surface area is 91.6 Å².